The van der Waals surface area contributed by atoms with Crippen LogP contribution in [0.2, 0.25) is 0 Å². The van der Waals surface area contributed by atoms with Crippen molar-refractivity contribution in [3.63, 3.8) is 0 Å². The molecule has 6 aromatic rings. The maximum absolute atomic E-state index is 2.54. The molecular formula is C45H42BN. The Labute approximate surface area is 281 Å². The van der Waals surface area contributed by atoms with Crippen molar-refractivity contribution in [2.24, 2.45) is 0 Å². The van der Waals surface area contributed by atoms with E-state index in [9.17, 15) is 0 Å². The fraction of sp³-hybridized carbons (Fsp3) is 0.200. The fourth-order valence-corrected chi connectivity index (χ4v) is 7.69. The second kappa shape index (κ2) is 11.5. The average molecular weight is 608 g/mol. The van der Waals surface area contributed by atoms with Crippen LogP contribution in [-0.2, 0) is 0 Å². The van der Waals surface area contributed by atoms with Gasteiger partial charge in [0.25, 0.3) is 0 Å². The van der Waals surface area contributed by atoms with Gasteiger partial charge in [0.15, 0.2) is 0 Å². The van der Waals surface area contributed by atoms with Gasteiger partial charge < -0.3 is 4.90 Å². The molecule has 47 heavy (non-hydrogen) atoms. The molecule has 0 unspecified atom stereocenters. The van der Waals surface area contributed by atoms with Gasteiger partial charge in [0, 0.05) is 17.1 Å². The summed E-state index contributed by atoms with van der Waals surface area (Å²) in [5.41, 5.74) is 20.0. The summed E-state index contributed by atoms with van der Waals surface area (Å²) in [7, 11) is 0. The number of hydrogen-bond acceptors (Lipinski definition) is 1. The lowest BCUT2D eigenvalue weighted by Crippen LogP contribution is -2.55. The zero-order valence-corrected chi connectivity index (χ0v) is 28.4. The second-order valence-corrected chi connectivity index (χ2v) is 14.4. The van der Waals surface area contributed by atoms with Crippen molar-refractivity contribution >= 4 is 40.2 Å². The van der Waals surface area contributed by atoms with Gasteiger partial charge in [-0.1, -0.05) is 144 Å². The summed E-state index contributed by atoms with van der Waals surface area (Å²) in [5, 5.41) is 0. The minimum atomic E-state index is 0.211. The Balaban J connectivity index is 1.38. The Morgan fingerprint density at radius 2 is 0.979 bits per heavy atom. The van der Waals surface area contributed by atoms with Crippen LogP contribution in [-0.4, -0.2) is 6.71 Å². The third-order valence-electron chi connectivity index (χ3n) is 10.4. The number of anilines is 3. The standard InChI is InChI=1S/C45H42BN/c1-28(2)31-16-20-38(21-17-31)47-43-23-19-36(30(5)6)26-42(43)46-41-25-35(29(3)4)18-22-39(41)40-24-37(27-44(47)45(40)46)34-14-12-33(13-15-34)32-10-8-7-9-11-32/h7-30H,1-6H3. The topological polar surface area (TPSA) is 3.24 Å². The monoisotopic (exact) mass is 607 g/mol. The lowest BCUT2D eigenvalue weighted by Gasteiger charge is -2.37. The molecule has 0 atom stereocenters. The van der Waals surface area contributed by atoms with Crippen molar-refractivity contribution in [2.75, 3.05) is 4.90 Å². The summed E-state index contributed by atoms with van der Waals surface area (Å²) >= 11 is 0. The number of fused-ring (bicyclic) bond motifs is 5. The molecule has 0 bridgehead atoms. The van der Waals surface area contributed by atoms with Gasteiger partial charge in [-0.25, -0.2) is 0 Å². The van der Waals surface area contributed by atoms with Crippen LogP contribution in [0.15, 0.2) is 127 Å². The Morgan fingerprint density at radius 3 is 1.62 bits per heavy atom. The fourth-order valence-electron chi connectivity index (χ4n) is 7.69. The molecule has 0 radical (unpaired) electrons. The van der Waals surface area contributed by atoms with Crippen LogP contribution < -0.4 is 21.3 Å². The van der Waals surface area contributed by atoms with Crippen molar-refractivity contribution in [3.8, 4) is 33.4 Å². The van der Waals surface area contributed by atoms with E-state index >= 15 is 0 Å². The highest BCUT2D eigenvalue weighted by Crippen LogP contribution is 2.44. The van der Waals surface area contributed by atoms with Crippen molar-refractivity contribution in [1.29, 1.82) is 0 Å². The van der Waals surface area contributed by atoms with Crippen LogP contribution in [0.5, 0.6) is 0 Å². The maximum Gasteiger partial charge on any atom is 0.248 e. The Kier molecular flexibility index (Phi) is 7.21. The van der Waals surface area contributed by atoms with Crippen LogP contribution in [0.4, 0.5) is 17.1 Å². The van der Waals surface area contributed by atoms with Gasteiger partial charge in [-0.3, -0.25) is 0 Å². The van der Waals surface area contributed by atoms with Crippen molar-refractivity contribution in [3.05, 3.63) is 144 Å². The van der Waals surface area contributed by atoms with E-state index in [-0.39, 0.29) is 6.71 Å². The molecule has 230 valence electrons. The summed E-state index contributed by atoms with van der Waals surface area (Å²) in [6.45, 7) is 14.0. The van der Waals surface area contributed by atoms with Gasteiger partial charge in [-0.15, -0.1) is 0 Å². The quantitative estimate of drug-likeness (QED) is 0.170. The molecule has 2 heterocycles. The molecule has 0 aromatic heterocycles. The largest absolute Gasteiger partial charge is 0.311 e. The Bertz CT molecular complexity index is 2100. The van der Waals surface area contributed by atoms with Gasteiger partial charge in [-0.2, -0.15) is 0 Å². The molecule has 0 amide bonds. The van der Waals surface area contributed by atoms with E-state index in [1.807, 2.05) is 0 Å². The molecule has 0 aliphatic carbocycles. The van der Waals surface area contributed by atoms with Crippen LogP contribution in [0.1, 0.15) is 76.0 Å². The second-order valence-electron chi connectivity index (χ2n) is 14.4. The van der Waals surface area contributed by atoms with E-state index in [2.05, 4.69) is 174 Å². The summed E-state index contributed by atoms with van der Waals surface area (Å²) in [4.78, 5) is 2.54. The SMILES string of the molecule is CC(C)c1ccc(N2c3ccc(C(C)C)cc3B3c4cc(C(C)C)ccc4-c4cc(-c5ccc(-c6ccccc6)cc5)cc2c43)cc1. The van der Waals surface area contributed by atoms with E-state index in [1.165, 1.54) is 83.5 Å². The molecular weight excluding hydrogens is 565 g/mol. The summed E-state index contributed by atoms with van der Waals surface area (Å²) in [6.07, 6.45) is 0. The van der Waals surface area contributed by atoms with Crippen molar-refractivity contribution in [1.82, 2.24) is 0 Å². The number of nitrogens with zero attached hydrogens (tertiary/aromatic N) is 1. The molecule has 0 saturated carbocycles. The normalized spacial score (nSPS) is 13.0. The first-order chi connectivity index (χ1) is 22.8. The van der Waals surface area contributed by atoms with Crippen molar-refractivity contribution < 1.29 is 0 Å². The molecule has 2 aliphatic heterocycles. The number of benzene rings is 6. The number of rotatable bonds is 6. The highest BCUT2D eigenvalue weighted by atomic mass is 15.2. The number of hydrogen-bond donors (Lipinski definition) is 0. The summed E-state index contributed by atoms with van der Waals surface area (Å²) < 4.78 is 0. The van der Waals surface area contributed by atoms with Gasteiger partial charge in [0.05, 0.1) is 0 Å². The molecule has 0 fully saturated rings. The molecule has 6 aromatic carbocycles. The molecule has 8 rings (SSSR count). The van der Waals surface area contributed by atoms with E-state index in [0.29, 0.717) is 17.8 Å². The maximum atomic E-state index is 2.54. The van der Waals surface area contributed by atoms with Crippen LogP contribution in [0.25, 0.3) is 33.4 Å². The van der Waals surface area contributed by atoms with E-state index in [4.69, 9.17) is 0 Å². The zero-order chi connectivity index (χ0) is 32.4. The lowest BCUT2D eigenvalue weighted by atomic mass is 9.37. The minimum absolute atomic E-state index is 0.211. The Morgan fingerprint density at radius 1 is 0.426 bits per heavy atom. The predicted octanol–water partition coefficient (Wildman–Crippen LogP) is 10.7. The first-order valence-corrected chi connectivity index (χ1v) is 17.3. The first-order valence-electron chi connectivity index (χ1n) is 17.3. The van der Waals surface area contributed by atoms with Crippen LogP contribution >= 0.6 is 0 Å². The van der Waals surface area contributed by atoms with Gasteiger partial charge in [-0.05, 0) is 109 Å². The molecule has 1 nitrogen and oxygen atoms in total. The molecule has 2 heteroatoms. The third-order valence-corrected chi connectivity index (χ3v) is 10.4. The van der Waals surface area contributed by atoms with Gasteiger partial charge >= 0.3 is 0 Å². The summed E-state index contributed by atoms with van der Waals surface area (Å²) in [5.74, 6) is 1.43. The minimum Gasteiger partial charge on any atom is -0.311 e. The first kappa shape index (κ1) is 29.6. The predicted molar refractivity (Wildman–Crippen MR) is 204 cm³/mol. The van der Waals surface area contributed by atoms with E-state index < -0.39 is 0 Å². The highest BCUT2D eigenvalue weighted by molar-refractivity contribution is 7.01. The van der Waals surface area contributed by atoms with Crippen LogP contribution in [0, 0.1) is 0 Å². The smallest absolute Gasteiger partial charge is 0.248 e. The summed E-state index contributed by atoms with van der Waals surface area (Å²) in [6, 6.07) is 48.4. The molecule has 2 aliphatic rings. The van der Waals surface area contributed by atoms with E-state index in [1.54, 1.807) is 0 Å². The van der Waals surface area contributed by atoms with Gasteiger partial charge in [0.2, 0.25) is 6.71 Å². The average Bonchev–Trinajstić information content (AvgIpc) is 3.43. The molecule has 0 saturated heterocycles. The van der Waals surface area contributed by atoms with Crippen molar-refractivity contribution in [2.45, 2.75) is 59.3 Å². The highest BCUT2D eigenvalue weighted by Gasteiger charge is 2.43. The van der Waals surface area contributed by atoms with Crippen LogP contribution in [0.3, 0.4) is 0 Å². The third kappa shape index (κ3) is 4.94. The zero-order valence-electron chi connectivity index (χ0n) is 28.4. The van der Waals surface area contributed by atoms with Gasteiger partial charge in [0.1, 0.15) is 0 Å². The lowest BCUT2D eigenvalue weighted by molar-refractivity contribution is 0.866. The molecule has 0 spiro atoms. The Hall–Kier alpha value is -4.82. The van der Waals surface area contributed by atoms with E-state index in [0.717, 1.165) is 0 Å². The molecule has 0 N–H and O–H groups in total.